The van der Waals surface area contributed by atoms with Crippen LogP contribution in [0.3, 0.4) is 0 Å². The number of nitrogens with zero attached hydrogens (tertiary/aromatic N) is 2. The number of carbonyl (C=O) groups excluding carboxylic acids is 1. The standard InChI is InChI=1S/C12H22N2O2/c1-13(8-9-16-10-11-4-5-11)12(15)14-6-2-3-7-14/h11H,2-10H2,1H3. The van der Waals surface area contributed by atoms with Gasteiger partial charge in [0, 0.05) is 33.3 Å². The van der Waals surface area contributed by atoms with E-state index in [0.29, 0.717) is 13.2 Å². The molecule has 92 valence electrons. The lowest BCUT2D eigenvalue weighted by Crippen LogP contribution is -2.40. The second-order valence-corrected chi connectivity index (χ2v) is 4.92. The Morgan fingerprint density at radius 2 is 2.06 bits per heavy atom. The number of likely N-dealkylation sites (N-methyl/N-ethyl adjacent to an activating group) is 1. The average molecular weight is 226 g/mol. The first kappa shape index (κ1) is 11.7. The van der Waals surface area contributed by atoms with Crippen molar-refractivity contribution in [1.82, 2.24) is 9.80 Å². The summed E-state index contributed by atoms with van der Waals surface area (Å²) in [6.07, 6.45) is 4.95. The topological polar surface area (TPSA) is 32.8 Å². The lowest BCUT2D eigenvalue weighted by molar-refractivity contribution is 0.102. The van der Waals surface area contributed by atoms with E-state index in [4.69, 9.17) is 4.74 Å². The van der Waals surface area contributed by atoms with Crippen molar-refractivity contribution in [2.75, 3.05) is 39.9 Å². The van der Waals surface area contributed by atoms with Crippen LogP contribution in [0.4, 0.5) is 4.79 Å². The highest BCUT2D eigenvalue weighted by molar-refractivity contribution is 5.74. The molecule has 0 atom stereocenters. The summed E-state index contributed by atoms with van der Waals surface area (Å²) in [6, 6.07) is 0.160. The molecular weight excluding hydrogens is 204 g/mol. The fourth-order valence-electron chi connectivity index (χ4n) is 1.98. The van der Waals surface area contributed by atoms with Crippen molar-refractivity contribution < 1.29 is 9.53 Å². The number of hydrogen-bond acceptors (Lipinski definition) is 2. The van der Waals surface area contributed by atoms with E-state index in [1.165, 1.54) is 12.8 Å². The number of urea groups is 1. The zero-order valence-electron chi connectivity index (χ0n) is 10.2. The molecule has 16 heavy (non-hydrogen) atoms. The molecular formula is C12H22N2O2. The Kier molecular flexibility index (Phi) is 4.04. The average Bonchev–Trinajstić information content (AvgIpc) is 2.95. The van der Waals surface area contributed by atoms with Crippen molar-refractivity contribution in [3.8, 4) is 0 Å². The monoisotopic (exact) mass is 226 g/mol. The van der Waals surface area contributed by atoms with Crippen LogP contribution >= 0.6 is 0 Å². The van der Waals surface area contributed by atoms with Gasteiger partial charge in [0.05, 0.1) is 6.61 Å². The quantitative estimate of drug-likeness (QED) is 0.666. The SMILES string of the molecule is CN(CCOCC1CC1)C(=O)N1CCCC1. The van der Waals surface area contributed by atoms with E-state index >= 15 is 0 Å². The Labute approximate surface area is 97.5 Å². The van der Waals surface area contributed by atoms with E-state index in [-0.39, 0.29) is 6.03 Å². The van der Waals surface area contributed by atoms with Crippen LogP contribution in [-0.2, 0) is 4.74 Å². The maximum Gasteiger partial charge on any atom is 0.319 e. The van der Waals surface area contributed by atoms with E-state index < -0.39 is 0 Å². The summed E-state index contributed by atoms with van der Waals surface area (Å²) in [5.41, 5.74) is 0. The van der Waals surface area contributed by atoms with Crippen molar-refractivity contribution in [3.63, 3.8) is 0 Å². The zero-order valence-corrected chi connectivity index (χ0v) is 10.2. The van der Waals surface area contributed by atoms with E-state index in [0.717, 1.165) is 38.5 Å². The number of amides is 2. The van der Waals surface area contributed by atoms with Gasteiger partial charge >= 0.3 is 6.03 Å². The molecule has 4 heteroatoms. The lowest BCUT2D eigenvalue weighted by atomic mass is 10.4. The molecule has 2 aliphatic rings. The largest absolute Gasteiger partial charge is 0.379 e. The first-order valence-electron chi connectivity index (χ1n) is 6.35. The first-order valence-corrected chi connectivity index (χ1v) is 6.35. The molecule has 0 aromatic carbocycles. The molecule has 4 nitrogen and oxygen atoms in total. The van der Waals surface area contributed by atoms with Crippen LogP contribution in [0.5, 0.6) is 0 Å². The van der Waals surface area contributed by atoms with E-state index in [1.54, 1.807) is 4.90 Å². The summed E-state index contributed by atoms with van der Waals surface area (Å²) in [5, 5.41) is 0. The van der Waals surface area contributed by atoms with Crippen LogP contribution in [-0.4, -0.2) is 55.7 Å². The molecule has 0 aromatic rings. The minimum atomic E-state index is 0.160. The Morgan fingerprint density at radius 3 is 2.69 bits per heavy atom. The van der Waals surface area contributed by atoms with Gasteiger partial charge in [0.1, 0.15) is 0 Å². The maximum atomic E-state index is 11.9. The third kappa shape index (κ3) is 3.37. The molecule has 0 aromatic heterocycles. The summed E-state index contributed by atoms with van der Waals surface area (Å²) in [7, 11) is 1.86. The Hall–Kier alpha value is -0.770. The van der Waals surface area contributed by atoms with Crippen LogP contribution in [0.1, 0.15) is 25.7 Å². The van der Waals surface area contributed by atoms with Gasteiger partial charge in [0.15, 0.2) is 0 Å². The van der Waals surface area contributed by atoms with Crippen molar-refractivity contribution in [3.05, 3.63) is 0 Å². The highest BCUT2D eigenvalue weighted by Gasteiger charge is 2.22. The van der Waals surface area contributed by atoms with Crippen LogP contribution in [0.25, 0.3) is 0 Å². The molecule has 0 N–H and O–H groups in total. The minimum absolute atomic E-state index is 0.160. The molecule has 1 aliphatic carbocycles. The first-order chi connectivity index (χ1) is 7.77. The van der Waals surface area contributed by atoms with Gasteiger partial charge in [-0.25, -0.2) is 4.79 Å². The summed E-state index contributed by atoms with van der Waals surface area (Å²) in [4.78, 5) is 15.6. The second kappa shape index (κ2) is 5.53. The highest BCUT2D eigenvalue weighted by atomic mass is 16.5. The fraction of sp³-hybridized carbons (Fsp3) is 0.917. The van der Waals surface area contributed by atoms with E-state index in [2.05, 4.69) is 0 Å². The van der Waals surface area contributed by atoms with Crippen LogP contribution in [0.2, 0.25) is 0 Å². The molecule has 0 spiro atoms. The molecule has 2 fully saturated rings. The van der Waals surface area contributed by atoms with Crippen molar-refractivity contribution in [1.29, 1.82) is 0 Å². The predicted molar refractivity (Wildman–Crippen MR) is 62.4 cm³/mol. The predicted octanol–water partition coefficient (Wildman–Crippen LogP) is 1.56. The van der Waals surface area contributed by atoms with Gasteiger partial charge in [-0.1, -0.05) is 0 Å². The van der Waals surface area contributed by atoms with E-state index in [1.807, 2.05) is 11.9 Å². The lowest BCUT2D eigenvalue weighted by Gasteiger charge is -2.24. The van der Waals surface area contributed by atoms with Crippen LogP contribution in [0, 0.1) is 5.92 Å². The van der Waals surface area contributed by atoms with Crippen LogP contribution < -0.4 is 0 Å². The van der Waals surface area contributed by atoms with Gasteiger partial charge in [0.25, 0.3) is 0 Å². The molecule has 1 saturated heterocycles. The Morgan fingerprint density at radius 1 is 1.38 bits per heavy atom. The van der Waals surface area contributed by atoms with Gasteiger partial charge in [0.2, 0.25) is 0 Å². The zero-order chi connectivity index (χ0) is 11.4. The normalized spacial score (nSPS) is 20.2. The highest BCUT2D eigenvalue weighted by Crippen LogP contribution is 2.28. The minimum Gasteiger partial charge on any atom is -0.379 e. The van der Waals surface area contributed by atoms with Gasteiger partial charge in [-0.3, -0.25) is 0 Å². The molecule has 2 rings (SSSR count). The van der Waals surface area contributed by atoms with Crippen LogP contribution in [0.15, 0.2) is 0 Å². The van der Waals surface area contributed by atoms with Crippen molar-refractivity contribution >= 4 is 6.03 Å². The van der Waals surface area contributed by atoms with Gasteiger partial charge in [-0.05, 0) is 31.6 Å². The molecule has 1 saturated carbocycles. The summed E-state index contributed by atoms with van der Waals surface area (Å²) < 4.78 is 5.53. The van der Waals surface area contributed by atoms with E-state index in [9.17, 15) is 4.79 Å². The van der Waals surface area contributed by atoms with Crippen molar-refractivity contribution in [2.24, 2.45) is 5.92 Å². The number of carbonyl (C=O) groups is 1. The summed E-state index contributed by atoms with van der Waals surface area (Å²) >= 11 is 0. The van der Waals surface area contributed by atoms with Crippen molar-refractivity contribution in [2.45, 2.75) is 25.7 Å². The molecule has 0 bridgehead atoms. The Balaban J connectivity index is 1.57. The third-order valence-corrected chi connectivity index (χ3v) is 3.32. The molecule has 0 unspecified atom stereocenters. The molecule has 0 radical (unpaired) electrons. The smallest absolute Gasteiger partial charge is 0.319 e. The number of rotatable bonds is 5. The number of hydrogen-bond donors (Lipinski definition) is 0. The third-order valence-electron chi connectivity index (χ3n) is 3.32. The van der Waals surface area contributed by atoms with Gasteiger partial charge < -0.3 is 14.5 Å². The van der Waals surface area contributed by atoms with Gasteiger partial charge in [-0.15, -0.1) is 0 Å². The summed E-state index contributed by atoms with van der Waals surface area (Å²) in [5.74, 6) is 0.805. The maximum absolute atomic E-state index is 11.9. The molecule has 1 aliphatic heterocycles. The summed E-state index contributed by atoms with van der Waals surface area (Å²) in [6.45, 7) is 4.11. The number of ether oxygens (including phenoxy) is 1. The molecule has 1 heterocycles. The fourth-order valence-corrected chi connectivity index (χ4v) is 1.98. The molecule has 2 amide bonds. The number of likely N-dealkylation sites (tertiary alicyclic amines) is 1. The second-order valence-electron chi connectivity index (χ2n) is 4.92. The Bertz CT molecular complexity index is 235. The van der Waals surface area contributed by atoms with Gasteiger partial charge in [-0.2, -0.15) is 0 Å².